The number of nitrogens with zero attached hydrogens (tertiary/aromatic N) is 3. The Bertz CT molecular complexity index is 931. The second-order valence-corrected chi connectivity index (χ2v) is 8.49. The minimum atomic E-state index is -3.75. The topological polar surface area (TPSA) is 84.3 Å². The molecule has 0 spiro atoms. The van der Waals surface area contributed by atoms with E-state index in [2.05, 4.69) is 10.3 Å². The number of halogens is 2. The number of hydrogen-bond acceptors (Lipinski definition) is 4. The number of benzene rings is 1. The fourth-order valence-electron chi connectivity index (χ4n) is 2.85. The number of carbonyl (C=O) groups is 1. The second-order valence-electron chi connectivity index (χ2n) is 6.19. The van der Waals surface area contributed by atoms with Crippen LogP contribution in [0.5, 0.6) is 0 Å². The molecule has 1 saturated heterocycles. The van der Waals surface area contributed by atoms with Crippen LogP contribution in [0.4, 0.5) is 10.1 Å². The zero-order valence-corrected chi connectivity index (χ0v) is 15.6. The molecule has 26 heavy (non-hydrogen) atoms. The molecule has 1 aromatic carbocycles. The summed E-state index contributed by atoms with van der Waals surface area (Å²) in [6.07, 6.45) is 3.95. The third-order valence-corrected chi connectivity index (χ3v) is 6.29. The Morgan fingerprint density at radius 1 is 1.42 bits per heavy atom. The van der Waals surface area contributed by atoms with Gasteiger partial charge in [-0.25, -0.2) is 17.8 Å². The maximum absolute atomic E-state index is 13.1. The number of imidazole rings is 1. The highest BCUT2D eigenvalue weighted by molar-refractivity contribution is 7.89. The molecule has 1 fully saturated rings. The smallest absolute Gasteiger partial charge is 0.262 e. The molecule has 1 atom stereocenters. The van der Waals surface area contributed by atoms with Crippen molar-refractivity contribution in [3.05, 3.63) is 41.6 Å². The van der Waals surface area contributed by atoms with Gasteiger partial charge in [-0.3, -0.25) is 4.79 Å². The molecule has 10 heteroatoms. The largest absolute Gasteiger partial charge is 0.339 e. The van der Waals surface area contributed by atoms with E-state index in [0.29, 0.717) is 25.1 Å². The standard InChI is InChI=1S/C16H18ClFN4O3S/c1-21-9-15(19-10-21)26(24,25)22-6-2-3-11(8-22)16(23)20-14-5-4-12(18)7-13(14)17/h4-5,7,9-11H,2-3,6,8H2,1H3,(H,20,23)/t11-/m0/s1. The third-order valence-electron chi connectivity index (χ3n) is 4.23. The summed E-state index contributed by atoms with van der Waals surface area (Å²) in [4.78, 5) is 16.4. The number of carbonyl (C=O) groups excluding carboxylic acids is 1. The van der Waals surface area contributed by atoms with Gasteiger partial charge in [0.15, 0.2) is 5.03 Å². The summed E-state index contributed by atoms with van der Waals surface area (Å²) >= 11 is 5.92. The van der Waals surface area contributed by atoms with Gasteiger partial charge in [-0.2, -0.15) is 4.31 Å². The molecule has 0 bridgehead atoms. The molecule has 140 valence electrons. The van der Waals surface area contributed by atoms with E-state index < -0.39 is 21.8 Å². The van der Waals surface area contributed by atoms with Crippen LogP contribution >= 0.6 is 11.6 Å². The Balaban J connectivity index is 1.72. The van der Waals surface area contributed by atoms with E-state index in [-0.39, 0.29) is 22.5 Å². The Kier molecular flexibility index (Phi) is 5.31. The molecule has 1 aromatic heterocycles. The molecule has 3 rings (SSSR count). The summed E-state index contributed by atoms with van der Waals surface area (Å²) in [6.45, 7) is 0.392. The van der Waals surface area contributed by atoms with Gasteiger partial charge in [0.1, 0.15) is 5.82 Å². The first-order valence-corrected chi connectivity index (χ1v) is 9.83. The summed E-state index contributed by atoms with van der Waals surface area (Å²) < 4.78 is 41.3. The van der Waals surface area contributed by atoms with Crippen molar-refractivity contribution >= 4 is 33.2 Å². The van der Waals surface area contributed by atoms with Gasteiger partial charge in [-0.05, 0) is 31.0 Å². The molecule has 1 N–H and O–H groups in total. The van der Waals surface area contributed by atoms with Crippen molar-refractivity contribution in [1.82, 2.24) is 13.9 Å². The lowest BCUT2D eigenvalue weighted by molar-refractivity contribution is -0.120. The van der Waals surface area contributed by atoms with Crippen molar-refractivity contribution in [2.24, 2.45) is 13.0 Å². The summed E-state index contributed by atoms with van der Waals surface area (Å²) in [5, 5.41) is 2.69. The van der Waals surface area contributed by atoms with Crippen molar-refractivity contribution in [3.8, 4) is 0 Å². The van der Waals surface area contributed by atoms with Crippen molar-refractivity contribution in [2.75, 3.05) is 18.4 Å². The van der Waals surface area contributed by atoms with Crippen molar-refractivity contribution in [2.45, 2.75) is 17.9 Å². The maximum atomic E-state index is 13.1. The predicted molar refractivity (Wildman–Crippen MR) is 94.7 cm³/mol. The van der Waals surface area contributed by atoms with Crippen molar-refractivity contribution < 1.29 is 17.6 Å². The lowest BCUT2D eigenvalue weighted by atomic mass is 9.98. The molecule has 0 radical (unpaired) electrons. The number of piperidine rings is 1. The van der Waals surface area contributed by atoms with Crippen LogP contribution in [0.3, 0.4) is 0 Å². The molecular weight excluding hydrogens is 383 g/mol. The van der Waals surface area contributed by atoms with Gasteiger partial charge in [-0.15, -0.1) is 0 Å². The van der Waals surface area contributed by atoms with Gasteiger partial charge in [0, 0.05) is 26.3 Å². The maximum Gasteiger partial charge on any atom is 0.262 e. The zero-order valence-electron chi connectivity index (χ0n) is 14.0. The highest BCUT2D eigenvalue weighted by Gasteiger charge is 2.34. The molecule has 1 aliphatic rings. The fourth-order valence-corrected chi connectivity index (χ4v) is 4.56. The van der Waals surface area contributed by atoms with Gasteiger partial charge in [0.05, 0.1) is 23.0 Å². The van der Waals surface area contributed by atoms with Gasteiger partial charge in [0.25, 0.3) is 10.0 Å². The first kappa shape index (κ1) is 18.8. The van der Waals surface area contributed by atoms with Crippen molar-refractivity contribution in [1.29, 1.82) is 0 Å². The van der Waals surface area contributed by atoms with Gasteiger partial charge >= 0.3 is 0 Å². The van der Waals surface area contributed by atoms with E-state index >= 15 is 0 Å². The number of sulfonamides is 1. The Labute approximate surface area is 155 Å². The number of hydrogen-bond donors (Lipinski definition) is 1. The number of aryl methyl sites for hydroxylation is 1. The van der Waals surface area contributed by atoms with Gasteiger partial charge < -0.3 is 9.88 Å². The fraction of sp³-hybridized carbons (Fsp3) is 0.375. The van der Waals surface area contributed by atoms with E-state index in [1.54, 1.807) is 11.6 Å². The number of amides is 1. The first-order valence-electron chi connectivity index (χ1n) is 8.01. The Hall–Kier alpha value is -1.97. The molecule has 1 amide bonds. The Morgan fingerprint density at radius 2 is 2.19 bits per heavy atom. The number of rotatable bonds is 4. The van der Waals surface area contributed by atoms with Crippen LogP contribution < -0.4 is 5.32 Å². The molecule has 2 heterocycles. The molecule has 0 unspecified atom stereocenters. The van der Waals surface area contributed by atoms with Crippen LogP contribution in [0.2, 0.25) is 5.02 Å². The highest BCUT2D eigenvalue weighted by atomic mass is 35.5. The summed E-state index contributed by atoms with van der Waals surface area (Å²) in [5.41, 5.74) is 0.294. The normalized spacial score (nSPS) is 18.7. The SMILES string of the molecule is Cn1cnc(S(=O)(=O)N2CCC[C@H](C(=O)Nc3ccc(F)cc3Cl)C2)c1. The minimum Gasteiger partial charge on any atom is -0.339 e. The van der Waals surface area contributed by atoms with Crippen LogP contribution in [0.15, 0.2) is 35.7 Å². The monoisotopic (exact) mass is 400 g/mol. The molecule has 0 aliphatic carbocycles. The zero-order chi connectivity index (χ0) is 18.9. The Morgan fingerprint density at radius 3 is 2.85 bits per heavy atom. The lowest BCUT2D eigenvalue weighted by Crippen LogP contribution is -2.43. The molecule has 1 aliphatic heterocycles. The molecule has 7 nitrogen and oxygen atoms in total. The number of aromatic nitrogens is 2. The highest BCUT2D eigenvalue weighted by Crippen LogP contribution is 2.26. The first-order chi connectivity index (χ1) is 12.3. The average Bonchev–Trinajstić information content (AvgIpc) is 3.05. The van der Waals surface area contributed by atoms with Gasteiger partial charge in [-0.1, -0.05) is 11.6 Å². The minimum absolute atomic E-state index is 0.0392. The van der Waals surface area contributed by atoms with E-state index in [1.807, 2.05) is 0 Å². The van der Waals surface area contributed by atoms with E-state index in [1.165, 1.54) is 29.0 Å². The molecular formula is C16H18ClFN4O3S. The van der Waals surface area contributed by atoms with E-state index in [9.17, 15) is 17.6 Å². The summed E-state index contributed by atoms with van der Waals surface area (Å²) in [5.74, 6) is -1.37. The lowest BCUT2D eigenvalue weighted by Gasteiger charge is -2.30. The van der Waals surface area contributed by atoms with Crippen LogP contribution in [-0.4, -0.2) is 41.3 Å². The predicted octanol–water partition coefficient (Wildman–Crippen LogP) is 2.25. The number of anilines is 1. The van der Waals surface area contributed by atoms with Crippen LogP contribution in [0.1, 0.15) is 12.8 Å². The van der Waals surface area contributed by atoms with E-state index in [0.717, 1.165) is 6.07 Å². The quantitative estimate of drug-likeness (QED) is 0.853. The van der Waals surface area contributed by atoms with Crippen molar-refractivity contribution in [3.63, 3.8) is 0 Å². The number of nitrogens with one attached hydrogen (secondary N) is 1. The van der Waals surface area contributed by atoms with Crippen LogP contribution in [0.25, 0.3) is 0 Å². The summed E-state index contributed by atoms with van der Waals surface area (Å²) in [7, 11) is -2.06. The second kappa shape index (κ2) is 7.34. The molecule has 0 saturated carbocycles. The summed E-state index contributed by atoms with van der Waals surface area (Å²) in [6, 6.07) is 3.68. The van der Waals surface area contributed by atoms with Gasteiger partial charge in [0.2, 0.25) is 5.91 Å². The average molecular weight is 401 g/mol. The van der Waals surface area contributed by atoms with E-state index in [4.69, 9.17) is 11.6 Å². The molecule has 2 aromatic rings. The van der Waals surface area contributed by atoms with Crippen LogP contribution in [0, 0.1) is 11.7 Å². The van der Waals surface area contributed by atoms with Crippen LogP contribution in [-0.2, 0) is 21.9 Å². The third kappa shape index (κ3) is 3.89.